The molecule has 1 unspecified atom stereocenters. The molecule has 2 rings (SSSR count). The van der Waals surface area contributed by atoms with Crippen LogP contribution in [0, 0.1) is 12.8 Å². The zero-order valence-electron chi connectivity index (χ0n) is 11.4. The van der Waals surface area contributed by atoms with Crippen molar-refractivity contribution >= 4 is 21.7 Å². The molecule has 4 N–H and O–H groups in total. The van der Waals surface area contributed by atoms with Gasteiger partial charge < -0.3 is 11.5 Å². The maximum atomic E-state index is 12.2. The predicted octanol–water partition coefficient (Wildman–Crippen LogP) is 0.375. The number of fused-ring (bicyclic) bond motifs is 1. The fraction of sp³-hybridized carbons (Fsp3) is 0.385. The number of aliphatic imine (C=N–C) groups is 1. The van der Waals surface area contributed by atoms with Gasteiger partial charge in [0.1, 0.15) is 0 Å². The number of aryl methyl sites for hydroxylation is 1. The number of hydrogen-bond acceptors (Lipinski definition) is 3. The predicted molar refractivity (Wildman–Crippen MR) is 76.2 cm³/mol. The smallest absolute Gasteiger partial charge is 0.280 e. The molecule has 0 saturated carbocycles. The highest BCUT2D eigenvalue weighted by Gasteiger charge is 2.29. The Hall–Kier alpha value is -1.89. The first kappa shape index (κ1) is 14.5. The summed E-state index contributed by atoms with van der Waals surface area (Å²) in [6.07, 6.45) is 0.687. The van der Waals surface area contributed by atoms with Gasteiger partial charge in [0.25, 0.3) is 5.91 Å². The highest BCUT2D eigenvalue weighted by molar-refractivity contribution is 7.91. The molecule has 1 aliphatic heterocycles. The van der Waals surface area contributed by atoms with Crippen molar-refractivity contribution < 1.29 is 13.2 Å². The number of benzene rings is 1. The Kier molecular flexibility index (Phi) is 3.56. The highest BCUT2D eigenvalue weighted by Crippen LogP contribution is 2.30. The Morgan fingerprint density at radius 3 is 2.60 bits per heavy atom. The Balaban J connectivity index is 2.61. The van der Waals surface area contributed by atoms with Gasteiger partial charge >= 0.3 is 0 Å². The van der Waals surface area contributed by atoms with Gasteiger partial charge in [-0.15, -0.1) is 0 Å². The van der Waals surface area contributed by atoms with E-state index in [4.69, 9.17) is 11.5 Å². The van der Waals surface area contributed by atoms with Crippen molar-refractivity contribution in [3.05, 3.63) is 28.8 Å². The van der Waals surface area contributed by atoms with Gasteiger partial charge in [-0.25, -0.2) is 8.42 Å². The number of carbonyl (C=O) groups is 1. The maximum Gasteiger partial charge on any atom is 0.280 e. The molecule has 0 aliphatic carbocycles. The molecular formula is C13H17N3O3S. The summed E-state index contributed by atoms with van der Waals surface area (Å²) >= 11 is 0. The minimum absolute atomic E-state index is 0.0751. The quantitative estimate of drug-likeness (QED) is 0.574. The second-order valence-corrected chi connectivity index (χ2v) is 7.21. The number of nitrogens with two attached hydrogens (primary N) is 2. The Labute approximate surface area is 117 Å². The molecule has 1 heterocycles. The summed E-state index contributed by atoms with van der Waals surface area (Å²) in [4.78, 5) is 15.6. The van der Waals surface area contributed by atoms with Crippen LogP contribution in [0.15, 0.2) is 22.0 Å². The summed E-state index contributed by atoms with van der Waals surface area (Å²) in [5.74, 6) is -0.798. The number of amides is 1. The van der Waals surface area contributed by atoms with E-state index in [1.807, 2.05) is 6.92 Å². The minimum atomic E-state index is -3.36. The van der Waals surface area contributed by atoms with Crippen LogP contribution >= 0.6 is 0 Å². The molecule has 20 heavy (non-hydrogen) atoms. The summed E-state index contributed by atoms with van der Waals surface area (Å²) in [5.41, 5.74) is 12.0. The second-order valence-electron chi connectivity index (χ2n) is 5.21. The molecule has 0 spiro atoms. The monoisotopic (exact) mass is 295 g/mol. The summed E-state index contributed by atoms with van der Waals surface area (Å²) in [5, 5.41) is 0. The van der Waals surface area contributed by atoms with Crippen molar-refractivity contribution in [2.75, 3.05) is 5.75 Å². The van der Waals surface area contributed by atoms with E-state index in [-0.39, 0.29) is 28.1 Å². The Morgan fingerprint density at radius 1 is 1.35 bits per heavy atom. The number of guanidine groups is 1. The Bertz CT molecular complexity index is 704. The van der Waals surface area contributed by atoms with Crippen LogP contribution in [0.3, 0.4) is 0 Å². The first-order valence-corrected chi connectivity index (χ1v) is 7.86. The molecular weight excluding hydrogens is 278 g/mol. The largest absolute Gasteiger partial charge is 0.370 e. The number of hydrogen-bond donors (Lipinski definition) is 2. The molecule has 0 fully saturated rings. The third kappa shape index (κ3) is 2.67. The number of nitrogens with zero attached hydrogens (tertiary/aromatic N) is 1. The van der Waals surface area contributed by atoms with Crippen LogP contribution in [0.5, 0.6) is 0 Å². The van der Waals surface area contributed by atoms with Crippen LogP contribution in [0.2, 0.25) is 0 Å². The fourth-order valence-electron chi connectivity index (χ4n) is 2.50. The van der Waals surface area contributed by atoms with Crippen molar-refractivity contribution in [3.8, 4) is 0 Å². The topological polar surface area (TPSA) is 116 Å². The van der Waals surface area contributed by atoms with Gasteiger partial charge in [0, 0.05) is 5.56 Å². The van der Waals surface area contributed by atoms with Crippen molar-refractivity contribution in [2.24, 2.45) is 22.4 Å². The van der Waals surface area contributed by atoms with Crippen LogP contribution in [0.25, 0.3) is 0 Å². The average Bonchev–Trinajstić information content (AvgIpc) is 2.24. The molecule has 1 aromatic rings. The summed E-state index contributed by atoms with van der Waals surface area (Å²) in [6.45, 7) is 3.63. The number of sulfone groups is 1. The lowest BCUT2D eigenvalue weighted by Gasteiger charge is -2.22. The third-order valence-corrected chi connectivity index (χ3v) is 5.33. The first-order chi connectivity index (χ1) is 9.20. The van der Waals surface area contributed by atoms with Crippen molar-refractivity contribution in [1.82, 2.24) is 0 Å². The second kappa shape index (κ2) is 4.90. The van der Waals surface area contributed by atoms with Gasteiger partial charge in [-0.3, -0.25) is 4.79 Å². The highest BCUT2D eigenvalue weighted by atomic mass is 32.2. The SMILES string of the molecule is Cc1cc2c(cc1C(=O)N=C(N)N)S(=O)(=O)CC(C)C2. The number of carbonyl (C=O) groups excluding carboxylic acids is 1. The van der Waals surface area contributed by atoms with Crippen LogP contribution in [-0.4, -0.2) is 26.0 Å². The zero-order valence-corrected chi connectivity index (χ0v) is 12.2. The first-order valence-electron chi connectivity index (χ1n) is 6.21. The van der Waals surface area contributed by atoms with Crippen LogP contribution in [0.1, 0.15) is 28.4 Å². The lowest BCUT2D eigenvalue weighted by atomic mass is 9.97. The number of rotatable bonds is 1. The van der Waals surface area contributed by atoms with E-state index >= 15 is 0 Å². The van der Waals surface area contributed by atoms with E-state index in [0.717, 1.165) is 5.56 Å². The minimum Gasteiger partial charge on any atom is -0.370 e. The molecule has 0 radical (unpaired) electrons. The molecule has 6 nitrogen and oxygen atoms in total. The van der Waals surface area contributed by atoms with Crippen LogP contribution < -0.4 is 11.5 Å². The fourth-order valence-corrected chi connectivity index (χ4v) is 4.39. The maximum absolute atomic E-state index is 12.2. The Morgan fingerprint density at radius 2 is 2.00 bits per heavy atom. The molecule has 1 atom stereocenters. The van der Waals surface area contributed by atoms with Gasteiger partial charge in [-0.2, -0.15) is 4.99 Å². The molecule has 0 bridgehead atoms. The lowest BCUT2D eigenvalue weighted by Crippen LogP contribution is -2.26. The van der Waals surface area contributed by atoms with Gasteiger partial charge in [0.15, 0.2) is 15.8 Å². The van der Waals surface area contributed by atoms with Crippen molar-refractivity contribution in [3.63, 3.8) is 0 Å². The molecule has 0 aromatic heterocycles. The van der Waals surface area contributed by atoms with Gasteiger partial charge in [0.2, 0.25) is 0 Å². The van der Waals surface area contributed by atoms with E-state index in [2.05, 4.69) is 4.99 Å². The molecule has 108 valence electrons. The standard InChI is InChI=1S/C13H17N3O3S/c1-7-3-9-4-8(2)10(12(17)16-13(14)15)5-11(9)20(18,19)6-7/h4-5,7H,3,6H2,1-2H3,(H4,14,15,16,17). The average molecular weight is 295 g/mol. The molecule has 1 aromatic carbocycles. The molecule has 1 amide bonds. The summed E-state index contributed by atoms with van der Waals surface area (Å²) < 4.78 is 24.4. The van der Waals surface area contributed by atoms with Crippen molar-refractivity contribution in [2.45, 2.75) is 25.2 Å². The summed E-state index contributed by atoms with van der Waals surface area (Å²) in [6, 6.07) is 3.12. The molecule has 1 aliphatic rings. The van der Waals surface area contributed by atoms with E-state index < -0.39 is 15.7 Å². The van der Waals surface area contributed by atoms with Crippen LogP contribution in [-0.2, 0) is 16.3 Å². The van der Waals surface area contributed by atoms with E-state index in [1.165, 1.54) is 6.07 Å². The zero-order chi connectivity index (χ0) is 15.1. The third-order valence-electron chi connectivity index (χ3n) is 3.28. The van der Waals surface area contributed by atoms with E-state index in [9.17, 15) is 13.2 Å². The van der Waals surface area contributed by atoms with Gasteiger partial charge in [-0.1, -0.05) is 13.0 Å². The molecule has 7 heteroatoms. The normalized spacial score (nSPS) is 20.0. The van der Waals surface area contributed by atoms with Crippen LogP contribution in [0.4, 0.5) is 0 Å². The van der Waals surface area contributed by atoms with Gasteiger partial charge in [-0.05, 0) is 36.5 Å². The van der Waals surface area contributed by atoms with E-state index in [0.29, 0.717) is 12.0 Å². The summed E-state index contributed by atoms with van der Waals surface area (Å²) in [7, 11) is -3.36. The lowest BCUT2D eigenvalue weighted by molar-refractivity contribution is 0.100. The van der Waals surface area contributed by atoms with E-state index in [1.54, 1.807) is 13.0 Å². The van der Waals surface area contributed by atoms with Crippen molar-refractivity contribution in [1.29, 1.82) is 0 Å². The molecule has 0 saturated heterocycles. The van der Waals surface area contributed by atoms with Gasteiger partial charge in [0.05, 0.1) is 10.6 Å².